The molecule has 3 rings (SSSR count). The van der Waals surface area contributed by atoms with Crippen molar-refractivity contribution in [3.05, 3.63) is 32.9 Å². The highest BCUT2D eigenvalue weighted by Gasteiger charge is 2.69. The zero-order chi connectivity index (χ0) is 17.4. The van der Waals surface area contributed by atoms with E-state index in [4.69, 9.17) is 0 Å². The van der Waals surface area contributed by atoms with Crippen LogP contribution in [0.15, 0.2) is 15.8 Å². The van der Waals surface area contributed by atoms with Crippen molar-refractivity contribution in [3.63, 3.8) is 0 Å². The fourth-order valence-electron chi connectivity index (χ4n) is 4.09. The smallest absolute Gasteiger partial charge is 0.298 e. The van der Waals surface area contributed by atoms with E-state index in [0.29, 0.717) is 19.0 Å². The van der Waals surface area contributed by atoms with Crippen molar-refractivity contribution in [1.82, 2.24) is 8.96 Å². The Morgan fingerprint density at radius 1 is 1.26 bits per heavy atom. The molecule has 0 spiro atoms. The highest BCUT2D eigenvalue weighted by Crippen LogP contribution is 2.64. The maximum atomic E-state index is 13.4. The molecule has 2 aliphatic carbocycles. The van der Waals surface area contributed by atoms with Crippen LogP contribution in [0.5, 0.6) is 0 Å². The van der Waals surface area contributed by atoms with Gasteiger partial charge in [-0.15, -0.1) is 0 Å². The second-order valence-corrected chi connectivity index (χ2v) is 8.99. The number of aromatic nitrogens is 2. The number of hydrogen-bond acceptors (Lipinski definition) is 5. The minimum atomic E-state index is -4.45. The second kappa shape index (κ2) is 4.40. The average Bonchev–Trinajstić information content (AvgIpc) is 2.74. The first-order valence-electron chi connectivity index (χ1n) is 7.25. The molecule has 2 fully saturated rings. The van der Waals surface area contributed by atoms with Crippen LogP contribution in [-0.4, -0.2) is 28.4 Å². The normalized spacial score (nSPS) is 32.4. The van der Waals surface area contributed by atoms with Crippen molar-refractivity contribution in [2.24, 2.45) is 16.7 Å². The monoisotopic (exact) mass is 344 g/mol. The highest BCUT2D eigenvalue weighted by atomic mass is 32.2. The van der Waals surface area contributed by atoms with E-state index < -0.39 is 54.9 Å². The lowest BCUT2D eigenvalue weighted by Gasteiger charge is -2.32. The standard InChI is InChI=1S/C14H17FN2O5S/c1-13(2)7-4-5-14(13,3)10(18)9(7)23(21,22)17-6-8(15)11(19)16-12(17)20/h6-7,9H,4-5H2,1-3H3,(H,16,19,20). The van der Waals surface area contributed by atoms with Gasteiger partial charge >= 0.3 is 5.69 Å². The quantitative estimate of drug-likeness (QED) is 0.828. The van der Waals surface area contributed by atoms with Crippen molar-refractivity contribution in [2.45, 2.75) is 38.9 Å². The number of halogens is 1. The third-order valence-corrected chi connectivity index (χ3v) is 7.94. The Bertz CT molecular complexity index is 929. The largest absolute Gasteiger partial charge is 0.342 e. The molecule has 7 nitrogen and oxygen atoms in total. The zero-order valence-electron chi connectivity index (χ0n) is 12.9. The van der Waals surface area contributed by atoms with Crippen molar-refractivity contribution < 1.29 is 17.6 Å². The number of rotatable bonds is 2. The number of nitrogens with zero attached hydrogens (tertiary/aromatic N) is 1. The van der Waals surface area contributed by atoms with Gasteiger partial charge < -0.3 is 0 Å². The lowest BCUT2D eigenvalue weighted by atomic mass is 9.70. The van der Waals surface area contributed by atoms with Crippen molar-refractivity contribution in [3.8, 4) is 0 Å². The maximum absolute atomic E-state index is 13.4. The fourth-order valence-corrected chi connectivity index (χ4v) is 6.27. The Balaban J connectivity index is 2.20. The molecule has 1 N–H and O–H groups in total. The summed E-state index contributed by atoms with van der Waals surface area (Å²) in [6.45, 7) is 5.42. The zero-order valence-corrected chi connectivity index (χ0v) is 13.7. The fraction of sp³-hybridized carbons (Fsp3) is 0.643. The summed E-state index contributed by atoms with van der Waals surface area (Å²) in [7, 11) is -4.45. The van der Waals surface area contributed by atoms with E-state index in [-0.39, 0.29) is 3.97 Å². The number of hydrogen-bond donors (Lipinski definition) is 1. The number of nitrogens with one attached hydrogen (secondary N) is 1. The lowest BCUT2D eigenvalue weighted by molar-refractivity contribution is -0.127. The van der Waals surface area contributed by atoms with Gasteiger partial charge in [-0.2, -0.15) is 8.36 Å². The molecule has 1 aromatic rings. The molecule has 126 valence electrons. The van der Waals surface area contributed by atoms with E-state index in [9.17, 15) is 27.2 Å². The van der Waals surface area contributed by atoms with Gasteiger partial charge in [-0.25, -0.2) is 13.2 Å². The van der Waals surface area contributed by atoms with Crippen LogP contribution >= 0.6 is 0 Å². The summed E-state index contributed by atoms with van der Waals surface area (Å²) in [5, 5.41) is -1.40. The van der Waals surface area contributed by atoms with Crippen LogP contribution in [0.3, 0.4) is 0 Å². The van der Waals surface area contributed by atoms with Crippen LogP contribution in [0, 0.1) is 22.6 Å². The third kappa shape index (κ3) is 1.79. The molecule has 23 heavy (non-hydrogen) atoms. The summed E-state index contributed by atoms with van der Waals surface area (Å²) in [4.78, 5) is 37.2. The highest BCUT2D eigenvalue weighted by molar-refractivity contribution is 7.91. The molecule has 1 aromatic heterocycles. The van der Waals surface area contributed by atoms with Crippen LogP contribution in [-0.2, 0) is 14.8 Å². The number of aromatic amines is 1. The second-order valence-electron chi connectivity index (χ2n) is 7.06. The van der Waals surface area contributed by atoms with E-state index >= 15 is 0 Å². The Labute approximate surface area is 131 Å². The van der Waals surface area contributed by atoms with E-state index in [1.165, 1.54) is 0 Å². The predicted octanol–water partition coefficient (Wildman–Crippen LogP) is 0.247. The number of Topliss-reactive ketones (excluding diaryl/α,β-unsaturated/α-hetero) is 1. The topological polar surface area (TPSA) is 106 Å². The van der Waals surface area contributed by atoms with Gasteiger partial charge in [0.25, 0.3) is 15.6 Å². The van der Waals surface area contributed by atoms with Gasteiger partial charge in [-0.1, -0.05) is 20.8 Å². The van der Waals surface area contributed by atoms with Crippen molar-refractivity contribution in [1.29, 1.82) is 0 Å². The molecule has 2 saturated carbocycles. The van der Waals surface area contributed by atoms with E-state index in [2.05, 4.69) is 0 Å². The molecule has 9 heteroatoms. The maximum Gasteiger partial charge on any atom is 0.342 e. The van der Waals surface area contributed by atoms with Gasteiger partial charge in [-0.3, -0.25) is 14.6 Å². The first-order chi connectivity index (χ1) is 10.4. The molecule has 0 aromatic carbocycles. The van der Waals surface area contributed by atoms with Gasteiger partial charge in [0, 0.05) is 5.41 Å². The van der Waals surface area contributed by atoms with Crippen LogP contribution in [0.1, 0.15) is 33.6 Å². The van der Waals surface area contributed by atoms with E-state index in [0.717, 1.165) is 0 Å². The first kappa shape index (κ1) is 16.1. The van der Waals surface area contributed by atoms with Crippen LogP contribution in [0.2, 0.25) is 0 Å². The van der Waals surface area contributed by atoms with Crippen LogP contribution in [0.4, 0.5) is 4.39 Å². The number of fused-ring (bicyclic) bond motifs is 2. The summed E-state index contributed by atoms with van der Waals surface area (Å²) < 4.78 is 39.2. The Hall–Kier alpha value is -1.77. The molecule has 3 atom stereocenters. The van der Waals surface area contributed by atoms with Gasteiger partial charge in [0.05, 0.1) is 6.20 Å². The van der Waals surface area contributed by atoms with Crippen molar-refractivity contribution >= 4 is 15.8 Å². The molecule has 3 unspecified atom stereocenters. The summed E-state index contributed by atoms with van der Waals surface area (Å²) in [6.07, 6.45) is 1.47. The summed E-state index contributed by atoms with van der Waals surface area (Å²) in [5.74, 6) is -2.29. The Morgan fingerprint density at radius 3 is 2.39 bits per heavy atom. The SMILES string of the molecule is CC12CCC(C(S(=O)(=O)n3cc(F)c(=O)[nH]c3=O)C1=O)C2(C)C. The molecule has 0 aliphatic heterocycles. The third-order valence-electron chi connectivity index (χ3n) is 5.94. The molecule has 0 saturated heterocycles. The molecular weight excluding hydrogens is 327 g/mol. The average molecular weight is 344 g/mol. The molecule has 2 aliphatic rings. The van der Waals surface area contributed by atoms with Crippen LogP contribution in [0.25, 0.3) is 0 Å². The van der Waals surface area contributed by atoms with Gasteiger partial charge in [0.15, 0.2) is 5.78 Å². The van der Waals surface area contributed by atoms with Gasteiger partial charge in [-0.05, 0) is 24.2 Å². The molecule has 1 heterocycles. The Morgan fingerprint density at radius 2 is 1.87 bits per heavy atom. The van der Waals surface area contributed by atoms with Gasteiger partial charge in [0.1, 0.15) is 5.25 Å². The number of ketones is 1. The van der Waals surface area contributed by atoms with E-state index in [1.54, 1.807) is 11.9 Å². The minimum absolute atomic E-state index is 0.145. The summed E-state index contributed by atoms with van der Waals surface area (Å²) in [6, 6.07) is 0. The summed E-state index contributed by atoms with van der Waals surface area (Å²) >= 11 is 0. The Kier molecular flexibility index (Phi) is 3.08. The van der Waals surface area contributed by atoms with E-state index in [1.807, 2.05) is 13.8 Å². The van der Waals surface area contributed by atoms with Crippen molar-refractivity contribution in [2.75, 3.05) is 0 Å². The molecule has 0 radical (unpaired) electrons. The summed E-state index contributed by atoms with van der Waals surface area (Å²) in [5.41, 5.74) is -3.89. The number of H-pyrrole nitrogens is 1. The molecule has 0 amide bonds. The molecular formula is C14H17FN2O5S. The minimum Gasteiger partial charge on any atom is -0.298 e. The first-order valence-corrected chi connectivity index (χ1v) is 8.75. The van der Waals surface area contributed by atoms with Crippen LogP contribution < -0.4 is 11.2 Å². The molecule has 2 bridgehead atoms. The predicted molar refractivity (Wildman–Crippen MR) is 79.0 cm³/mol. The number of carbonyl (C=O) groups is 1. The lowest BCUT2D eigenvalue weighted by Crippen LogP contribution is -2.46. The van der Waals surface area contributed by atoms with Gasteiger partial charge in [0.2, 0.25) is 5.82 Å². The number of carbonyl (C=O) groups excluding carboxylic acids is 1.